The standard InChI is InChI=1S/C16H24N2O4/c1-6-7-8-18(4)13(20)9-12-14(16(21)22-5)10(2)15(17-12)11(3)19/h17H,6-9H2,1-5H3. The molecule has 0 spiro atoms. The van der Waals surface area contributed by atoms with Crippen molar-refractivity contribution in [3.8, 4) is 0 Å². The van der Waals surface area contributed by atoms with Gasteiger partial charge in [0.1, 0.15) is 0 Å². The lowest BCUT2D eigenvalue weighted by Crippen LogP contribution is -2.29. The van der Waals surface area contributed by atoms with Crippen LogP contribution in [0.3, 0.4) is 0 Å². The molecule has 0 aromatic carbocycles. The molecular weight excluding hydrogens is 284 g/mol. The molecule has 1 aromatic heterocycles. The number of amides is 1. The van der Waals surface area contributed by atoms with Gasteiger partial charge in [0.2, 0.25) is 5.91 Å². The molecule has 6 nitrogen and oxygen atoms in total. The molecular formula is C16H24N2O4. The van der Waals surface area contributed by atoms with Crippen molar-refractivity contribution in [3.05, 3.63) is 22.5 Å². The Bertz CT molecular complexity index is 575. The van der Waals surface area contributed by atoms with Crippen molar-refractivity contribution < 1.29 is 19.1 Å². The summed E-state index contributed by atoms with van der Waals surface area (Å²) in [6.07, 6.45) is 1.97. The number of ether oxygens (including phenoxy) is 1. The first-order valence-electron chi connectivity index (χ1n) is 7.38. The second-order valence-electron chi connectivity index (χ2n) is 5.37. The fourth-order valence-corrected chi connectivity index (χ4v) is 2.33. The third kappa shape index (κ3) is 3.96. The minimum atomic E-state index is -0.541. The Morgan fingerprint density at radius 1 is 1.27 bits per heavy atom. The van der Waals surface area contributed by atoms with E-state index >= 15 is 0 Å². The highest BCUT2D eigenvalue weighted by atomic mass is 16.5. The molecule has 22 heavy (non-hydrogen) atoms. The number of ketones is 1. The number of likely N-dealkylation sites (N-methyl/N-ethyl adjacent to an activating group) is 1. The van der Waals surface area contributed by atoms with Crippen LogP contribution >= 0.6 is 0 Å². The van der Waals surface area contributed by atoms with Gasteiger partial charge >= 0.3 is 5.97 Å². The third-order valence-electron chi connectivity index (χ3n) is 3.67. The molecule has 0 saturated heterocycles. The van der Waals surface area contributed by atoms with Gasteiger partial charge in [0.05, 0.1) is 24.8 Å². The summed E-state index contributed by atoms with van der Waals surface area (Å²) in [4.78, 5) is 40.3. The number of carbonyl (C=O) groups excluding carboxylic acids is 3. The summed E-state index contributed by atoms with van der Waals surface area (Å²) in [5.41, 5.74) is 1.59. The van der Waals surface area contributed by atoms with Gasteiger partial charge in [-0.2, -0.15) is 0 Å². The molecule has 0 unspecified atom stereocenters. The zero-order valence-corrected chi connectivity index (χ0v) is 13.9. The highest BCUT2D eigenvalue weighted by molar-refractivity contribution is 6.01. The van der Waals surface area contributed by atoms with Crippen LogP contribution in [-0.2, 0) is 16.0 Å². The average Bonchev–Trinajstić information content (AvgIpc) is 2.80. The molecule has 6 heteroatoms. The minimum Gasteiger partial charge on any atom is -0.465 e. The van der Waals surface area contributed by atoms with Gasteiger partial charge in [0, 0.05) is 26.2 Å². The average molecular weight is 308 g/mol. The van der Waals surface area contributed by atoms with Gasteiger partial charge < -0.3 is 14.6 Å². The quantitative estimate of drug-likeness (QED) is 0.618. The predicted molar refractivity (Wildman–Crippen MR) is 83.1 cm³/mol. The second kappa shape index (κ2) is 7.77. The van der Waals surface area contributed by atoms with Gasteiger partial charge in [-0.3, -0.25) is 9.59 Å². The number of Topliss-reactive ketones (excluding diaryl/α,β-unsaturated/α-hetero) is 1. The summed E-state index contributed by atoms with van der Waals surface area (Å²) in [5, 5.41) is 0. The Labute approximate surface area is 130 Å². The molecule has 0 aliphatic carbocycles. The lowest BCUT2D eigenvalue weighted by atomic mass is 10.1. The van der Waals surface area contributed by atoms with E-state index in [1.165, 1.54) is 14.0 Å². The number of rotatable bonds is 7. The molecule has 0 bridgehead atoms. The van der Waals surface area contributed by atoms with Crippen molar-refractivity contribution in [2.24, 2.45) is 0 Å². The smallest absolute Gasteiger partial charge is 0.339 e. The lowest BCUT2D eigenvalue weighted by Gasteiger charge is -2.16. The number of hydrogen-bond acceptors (Lipinski definition) is 4. The van der Waals surface area contributed by atoms with E-state index in [4.69, 9.17) is 4.74 Å². The highest BCUT2D eigenvalue weighted by Crippen LogP contribution is 2.21. The Hall–Kier alpha value is -2.11. The second-order valence-corrected chi connectivity index (χ2v) is 5.37. The van der Waals surface area contributed by atoms with Crippen LogP contribution in [0, 0.1) is 6.92 Å². The Morgan fingerprint density at radius 3 is 2.41 bits per heavy atom. The molecule has 1 heterocycles. The van der Waals surface area contributed by atoms with Crippen molar-refractivity contribution >= 4 is 17.7 Å². The molecule has 0 radical (unpaired) electrons. The Morgan fingerprint density at radius 2 is 1.91 bits per heavy atom. The molecule has 1 N–H and O–H groups in total. The van der Waals surface area contributed by atoms with E-state index in [-0.39, 0.29) is 23.7 Å². The molecule has 0 aliphatic heterocycles. The summed E-state index contributed by atoms with van der Waals surface area (Å²) in [6.45, 7) is 5.82. The highest BCUT2D eigenvalue weighted by Gasteiger charge is 2.25. The van der Waals surface area contributed by atoms with E-state index in [0.29, 0.717) is 23.5 Å². The third-order valence-corrected chi connectivity index (χ3v) is 3.67. The van der Waals surface area contributed by atoms with Crippen molar-refractivity contribution in [3.63, 3.8) is 0 Å². The largest absolute Gasteiger partial charge is 0.465 e. The van der Waals surface area contributed by atoms with Gasteiger partial charge in [-0.05, 0) is 18.9 Å². The van der Waals surface area contributed by atoms with Crippen molar-refractivity contribution in [1.82, 2.24) is 9.88 Å². The van der Waals surface area contributed by atoms with E-state index in [1.54, 1.807) is 18.9 Å². The molecule has 0 aliphatic rings. The van der Waals surface area contributed by atoms with Crippen LogP contribution in [0.5, 0.6) is 0 Å². The molecule has 1 rings (SSSR count). The number of nitrogens with one attached hydrogen (secondary N) is 1. The lowest BCUT2D eigenvalue weighted by molar-refractivity contribution is -0.129. The van der Waals surface area contributed by atoms with E-state index in [9.17, 15) is 14.4 Å². The van der Waals surface area contributed by atoms with Crippen LogP contribution in [0.25, 0.3) is 0 Å². The van der Waals surface area contributed by atoms with Gasteiger partial charge in [-0.1, -0.05) is 13.3 Å². The van der Waals surface area contributed by atoms with Crippen molar-refractivity contribution in [2.45, 2.75) is 40.0 Å². The summed E-state index contributed by atoms with van der Waals surface area (Å²) >= 11 is 0. The number of nitrogens with zero attached hydrogens (tertiary/aromatic N) is 1. The molecule has 0 fully saturated rings. The molecule has 1 amide bonds. The summed E-state index contributed by atoms with van der Waals surface area (Å²) < 4.78 is 4.76. The van der Waals surface area contributed by atoms with Crippen molar-refractivity contribution in [2.75, 3.05) is 20.7 Å². The molecule has 0 saturated carbocycles. The zero-order chi connectivity index (χ0) is 16.9. The van der Waals surface area contributed by atoms with Gasteiger partial charge in [0.25, 0.3) is 0 Å². The van der Waals surface area contributed by atoms with E-state index in [0.717, 1.165) is 12.8 Å². The maximum absolute atomic E-state index is 12.2. The fraction of sp³-hybridized carbons (Fsp3) is 0.562. The number of esters is 1. The number of aromatic amines is 1. The zero-order valence-electron chi connectivity index (χ0n) is 13.9. The number of carbonyl (C=O) groups is 3. The predicted octanol–water partition coefficient (Wildman–Crippen LogP) is 2.11. The number of unbranched alkanes of at least 4 members (excludes halogenated alkanes) is 1. The number of hydrogen-bond donors (Lipinski definition) is 1. The maximum atomic E-state index is 12.2. The first-order chi connectivity index (χ1) is 10.3. The number of aromatic nitrogens is 1. The topological polar surface area (TPSA) is 79.5 Å². The maximum Gasteiger partial charge on any atom is 0.339 e. The van der Waals surface area contributed by atoms with Crippen LogP contribution in [0.4, 0.5) is 0 Å². The molecule has 122 valence electrons. The van der Waals surface area contributed by atoms with Gasteiger partial charge in [0.15, 0.2) is 5.78 Å². The number of methoxy groups -OCH3 is 1. The Kier molecular flexibility index (Phi) is 6.34. The van der Waals surface area contributed by atoms with Crippen LogP contribution in [0.15, 0.2) is 0 Å². The summed E-state index contributed by atoms with van der Waals surface area (Å²) in [7, 11) is 3.01. The van der Waals surface area contributed by atoms with Crippen molar-refractivity contribution in [1.29, 1.82) is 0 Å². The molecule has 0 atom stereocenters. The van der Waals surface area contributed by atoms with Gasteiger partial charge in [-0.25, -0.2) is 4.79 Å². The van der Waals surface area contributed by atoms with Crippen LogP contribution in [0.1, 0.15) is 58.8 Å². The SMILES string of the molecule is CCCCN(C)C(=O)Cc1[nH]c(C(C)=O)c(C)c1C(=O)OC. The van der Waals surface area contributed by atoms with Gasteiger partial charge in [-0.15, -0.1) is 0 Å². The fourth-order valence-electron chi connectivity index (χ4n) is 2.33. The van der Waals surface area contributed by atoms with Crippen LogP contribution in [-0.4, -0.2) is 48.2 Å². The first-order valence-corrected chi connectivity index (χ1v) is 7.38. The first kappa shape index (κ1) is 17.9. The number of H-pyrrole nitrogens is 1. The van der Waals surface area contributed by atoms with E-state index in [2.05, 4.69) is 11.9 Å². The summed E-state index contributed by atoms with van der Waals surface area (Å²) in [6, 6.07) is 0. The van der Waals surface area contributed by atoms with Crippen LogP contribution < -0.4 is 0 Å². The monoisotopic (exact) mass is 308 g/mol. The van der Waals surface area contributed by atoms with Crippen LogP contribution in [0.2, 0.25) is 0 Å². The van der Waals surface area contributed by atoms with E-state index in [1.807, 2.05) is 0 Å². The molecule has 1 aromatic rings. The Balaban J connectivity index is 3.07. The summed E-state index contributed by atoms with van der Waals surface area (Å²) in [5.74, 6) is -0.823. The normalized spacial score (nSPS) is 10.4. The minimum absolute atomic E-state index is 0.0404. The van der Waals surface area contributed by atoms with E-state index < -0.39 is 5.97 Å².